The van der Waals surface area contributed by atoms with Gasteiger partial charge in [0.15, 0.2) is 5.96 Å². The van der Waals surface area contributed by atoms with E-state index in [1.165, 1.54) is 37.8 Å². The molecule has 0 radical (unpaired) electrons. The molecule has 6 nitrogen and oxygen atoms in total. The second-order valence-electron chi connectivity index (χ2n) is 7.43. The molecule has 0 bridgehead atoms. The normalized spacial score (nSPS) is 11.4. The number of hydrogen-bond acceptors (Lipinski definition) is 4. The fourth-order valence-corrected chi connectivity index (χ4v) is 2.90. The molecular weight excluding hydrogens is 477 g/mol. The summed E-state index contributed by atoms with van der Waals surface area (Å²) >= 11 is 0. The van der Waals surface area contributed by atoms with Gasteiger partial charge in [-0.15, -0.1) is 24.0 Å². The van der Waals surface area contributed by atoms with Gasteiger partial charge in [0.1, 0.15) is 6.26 Å². The molecule has 0 saturated carbocycles. The van der Waals surface area contributed by atoms with E-state index < -0.39 is 0 Å². The molecule has 2 aromatic rings. The Bertz CT molecular complexity index is 712. The number of oxazole rings is 1. The Balaban J connectivity index is 0.00000420. The summed E-state index contributed by atoms with van der Waals surface area (Å²) in [6.45, 7) is 4.77. The standard InChI is InChI=1S/C22H35N5O.HI/c1-18-10-12-19(13-11-18)21-26-20(17-28-21)16-25-22(23-2)24-14-8-6-5-7-9-15-27(3)4;/h10-13,17H,5-9,14-16H2,1-4H3,(H2,23,24,25);1H. The monoisotopic (exact) mass is 513 g/mol. The Morgan fingerprint density at radius 2 is 1.72 bits per heavy atom. The maximum Gasteiger partial charge on any atom is 0.226 e. The summed E-state index contributed by atoms with van der Waals surface area (Å²) in [5, 5.41) is 6.66. The quantitative estimate of drug-likeness (QED) is 0.201. The van der Waals surface area contributed by atoms with E-state index in [2.05, 4.69) is 58.7 Å². The third-order valence-electron chi connectivity index (χ3n) is 4.59. The average Bonchev–Trinajstić information content (AvgIpc) is 3.15. The van der Waals surface area contributed by atoms with Gasteiger partial charge in [0.05, 0.1) is 12.2 Å². The van der Waals surface area contributed by atoms with Crippen molar-refractivity contribution in [1.29, 1.82) is 0 Å². The molecular formula is C22H36IN5O. The topological polar surface area (TPSA) is 65.7 Å². The molecule has 0 aliphatic rings. The molecule has 162 valence electrons. The predicted octanol–water partition coefficient (Wildman–Crippen LogP) is 4.45. The number of aryl methyl sites for hydroxylation is 1. The molecule has 1 aromatic carbocycles. The van der Waals surface area contributed by atoms with Crippen molar-refractivity contribution in [3.63, 3.8) is 0 Å². The van der Waals surface area contributed by atoms with Crippen LogP contribution in [0.25, 0.3) is 11.5 Å². The number of benzene rings is 1. The van der Waals surface area contributed by atoms with Crippen molar-refractivity contribution in [3.05, 3.63) is 41.8 Å². The smallest absolute Gasteiger partial charge is 0.226 e. The Labute approximate surface area is 192 Å². The van der Waals surface area contributed by atoms with E-state index >= 15 is 0 Å². The maximum absolute atomic E-state index is 5.60. The summed E-state index contributed by atoms with van der Waals surface area (Å²) in [6, 6.07) is 8.18. The number of hydrogen-bond donors (Lipinski definition) is 2. The van der Waals surface area contributed by atoms with Gasteiger partial charge in [0.2, 0.25) is 5.89 Å². The van der Waals surface area contributed by atoms with Crippen LogP contribution in [0.5, 0.6) is 0 Å². The molecule has 1 heterocycles. The summed E-state index contributed by atoms with van der Waals surface area (Å²) in [5.74, 6) is 1.45. The zero-order valence-corrected chi connectivity index (χ0v) is 20.5. The zero-order chi connectivity index (χ0) is 20.2. The number of aliphatic imine (C=N–C) groups is 1. The summed E-state index contributed by atoms with van der Waals surface area (Å²) in [6.07, 6.45) is 7.99. The van der Waals surface area contributed by atoms with Crippen LogP contribution in [0.15, 0.2) is 39.9 Å². The summed E-state index contributed by atoms with van der Waals surface area (Å²) < 4.78 is 5.60. The van der Waals surface area contributed by atoms with E-state index in [0.717, 1.165) is 30.2 Å². The van der Waals surface area contributed by atoms with Gasteiger partial charge in [-0.1, -0.05) is 37.0 Å². The molecule has 7 heteroatoms. The molecule has 1 aromatic heterocycles. The van der Waals surface area contributed by atoms with Crippen molar-refractivity contribution >= 4 is 29.9 Å². The highest BCUT2D eigenvalue weighted by Crippen LogP contribution is 2.18. The largest absolute Gasteiger partial charge is 0.444 e. The molecule has 2 N–H and O–H groups in total. The Morgan fingerprint density at radius 3 is 2.41 bits per heavy atom. The predicted molar refractivity (Wildman–Crippen MR) is 132 cm³/mol. The van der Waals surface area contributed by atoms with Crippen LogP contribution in [0.3, 0.4) is 0 Å². The third kappa shape index (κ3) is 10.1. The first kappa shape index (κ1) is 25.4. The fourth-order valence-electron chi connectivity index (χ4n) is 2.90. The van der Waals surface area contributed by atoms with E-state index in [4.69, 9.17) is 4.42 Å². The van der Waals surface area contributed by atoms with Crippen LogP contribution in [0.4, 0.5) is 0 Å². The minimum atomic E-state index is 0. The molecule has 0 aliphatic carbocycles. The van der Waals surface area contributed by atoms with E-state index in [9.17, 15) is 0 Å². The number of unbranched alkanes of at least 4 members (excludes halogenated alkanes) is 4. The molecule has 0 fully saturated rings. The van der Waals surface area contributed by atoms with Gasteiger partial charge in [-0.2, -0.15) is 0 Å². The Hall–Kier alpha value is -1.61. The summed E-state index contributed by atoms with van der Waals surface area (Å²) in [7, 11) is 6.05. The van der Waals surface area contributed by atoms with Crippen LogP contribution in [0.2, 0.25) is 0 Å². The van der Waals surface area contributed by atoms with Crippen LogP contribution >= 0.6 is 24.0 Å². The lowest BCUT2D eigenvalue weighted by Crippen LogP contribution is -2.37. The van der Waals surface area contributed by atoms with Gasteiger partial charge in [-0.3, -0.25) is 4.99 Å². The first-order chi connectivity index (χ1) is 13.6. The number of aromatic nitrogens is 1. The van der Waals surface area contributed by atoms with Crippen molar-refractivity contribution in [3.8, 4) is 11.5 Å². The highest BCUT2D eigenvalue weighted by Gasteiger charge is 2.07. The molecule has 0 atom stereocenters. The van der Waals surface area contributed by atoms with Crippen molar-refractivity contribution in [2.45, 2.75) is 45.6 Å². The van der Waals surface area contributed by atoms with Crippen molar-refractivity contribution < 1.29 is 4.42 Å². The zero-order valence-electron chi connectivity index (χ0n) is 18.2. The second-order valence-corrected chi connectivity index (χ2v) is 7.43. The molecule has 0 aliphatic heterocycles. The number of rotatable bonds is 11. The van der Waals surface area contributed by atoms with E-state index in [1.807, 2.05) is 12.1 Å². The first-order valence-electron chi connectivity index (χ1n) is 10.2. The van der Waals surface area contributed by atoms with Crippen molar-refractivity contribution in [1.82, 2.24) is 20.5 Å². The molecule has 29 heavy (non-hydrogen) atoms. The third-order valence-corrected chi connectivity index (χ3v) is 4.59. The lowest BCUT2D eigenvalue weighted by molar-refractivity contribution is 0.389. The van der Waals surface area contributed by atoms with E-state index in [1.54, 1.807) is 13.3 Å². The van der Waals surface area contributed by atoms with Crippen LogP contribution < -0.4 is 10.6 Å². The van der Waals surface area contributed by atoms with Gasteiger partial charge in [0.25, 0.3) is 0 Å². The lowest BCUT2D eigenvalue weighted by Gasteiger charge is -2.11. The van der Waals surface area contributed by atoms with Gasteiger partial charge in [-0.25, -0.2) is 4.98 Å². The van der Waals surface area contributed by atoms with Crippen molar-refractivity contribution in [2.75, 3.05) is 34.2 Å². The number of nitrogens with zero attached hydrogens (tertiary/aromatic N) is 3. The molecule has 0 amide bonds. The summed E-state index contributed by atoms with van der Waals surface area (Å²) in [5.41, 5.74) is 3.07. The SMILES string of the molecule is CN=C(NCCCCCCCN(C)C)NCc1coc(-c2ccc(C)cc2)n1.I. The Morgan fingerprint density at radius 1 is 1.03 bits per heavy atom. The minimum Gasteiger partial charge on any atom is -0.444 e. The van der Waals surface area contributed by atoms with Crippen LogP contribution in [-0.2, 0) is 6.54 Å². The second kappa shape index (κ2) is 14.4. The highest BCUT2D eigenvalue weighted by atomic mass is 127. The van der Waals surface area contributed by atoms with Crippen LogP contribution in [0, 0.1) is 6.92 Å². The fraction of sp³-hybridized carbons (Fsp3) is 0.545. The van der Waals surface area contributed by atoms with E-state index in [-0.39, 0.29) is 24.0 Å². The van der Waals surface area contributed by atoms with Gasteiger partial charge in [0, 0.05) is 19.2 Å². The van der Waals surface area contributed by atoms with Gasteiger partial charge >= 0.3 is 0 Å². The van der Waals surface area contributed by atoms with Crippen molar-refractivity contribution in [2.24, 2.45) is 4.99 Å². The minimum absolute atomic E-state index is 0. The average molecular weight is 513 g/mol. The van der Waals surface area contributed by atoms with Crippen LogP contribution in [-0.4, -0.2) is 50.1 Å². The van der Waals surface area contributed by atoms with E-state index in [0.29, 0.717) is 12.4 Å². The highest BCUT2D eigenvalue weighted by molar-refractivity contribution is 14.0. The number of nitrogens with one attached hydrogen (secondary N) is 2. The molecule has 0 unspecified atom stereocenters. The number of guanidine groups is 1. The number of halogens is 1. The van der Waals surface area contributed by atoms with Crippen LogP contribution in [0.1, 0.15) is 43.4 Å². The Kier molecular flexibility index (Phi) is 12.6. The molecule has 0 saturated heterocycles. The summed E-state index contributed by atoms with van der Waals surface area (Å²) in [4.78, 5) is 11.1. The molecule has 0 spiro atoms. The lowest BCUT2D eigenvalue weighted by atomic mass is 10.1. The first-order valence-corrected chi connectivity index (χ1v) is 10.2. The van der Waals surface area contributed by atoms with Gasteiger partial charge in [-0.05, 0) is 52.5 Å². The molecule has 2 rings (SSSR count). The van der Waals surface area contributed by atoms with Gasteiger partial charge < -0.3 is 20.0 Å². The maximum atomic E-state index is 5.60.